The van der Waals surface area contributed by atoms with Crippen molar-refractivity contribution < 1.29 is 4.79 Å². The highest BCUT2D eigenvalue weighted by molar-refractivity contribution is 5.77. The van der Waals surface area contributed by atoms with Crippen LogP contribution in [0.5, 0.6) is 0 Å². The zero-order valence-electron chi connectivity index (χ0n) is 8.13. The van der Waals surface area contributed by atoms with E-state index in [1.54, 1.807) is 7.05 Å². The van der Waals surface area contributed by atoms with E-state index in [4.69, 9.17) is 5.73 Å². The lowest BCUT2D eigenvalue weighted by molar-refractivity contribution is -0.122. The third-order valence-corrected chi connectivity index (χ3v) is 1.77. The van der Waals surface area contributed by atoms with Crippen molar-refractivity contribution in [2.45, 2.75) is 19.9 Å². The third-order valence-electron chi connectivity index (χ3n) is 1.77. The number of nitrogens with two attached hydrogens (primary N) is 1. The van der Waals surface area contributed by atoms with Crippen LogP contribution < -0.4 is 11.1 Å². The van der Waals surface area contributed by atoms with E-state index in [0.717, 1.165) is 6.54 Å². The first-order valence-corrected chi connectivity index (χ1v) is 4.26. The Bertz CT molecular complexity index is 136. The predicted molar refractivity (Wildman–Crippen MR) is 49.8 cm³/mol. The van der Waals surface area contributed by atoms with Crippen LogP contribution >= 0.6 is 0 Å². The molecule has 0 aromatic heterocycles. The maximum atomic E-state index is 11.0. The molecule has 0 fully saturated rings. The van der Waals surface area contributed by atoms with Crippen molar-refractivity contribution in [3.8, 4) is 0 Å². The van der Waals surface area contributed by atoms with Gasteiger partial charge in [0, 0.05) is 26.2 Å². The number of hydrogen-bond donors (Lipinski definition) is 2. The quantitative estimate of drug-likeness (QED) is 0.584. The molecule has 0 radical (unpaired) electrons. The molecule has 1 amide bonds. The maximum absolute atomic E-state index is 11.0. The Labute approximate surface area is 74.1 Å². The van der Waals surface area contributed by atoms with Crippen molar-refractivity contribution in [3.63, 3.8) is 0 Å². The molecule has 0 unspecified atom stereocenters. The third kappa shape index (κ3) is 4.31. The molecule has 0 aromatic rings. The van der Waals surface area contributed by atoms with E-state index in [9.17, 15) is 4.79 Å². The number of carbonyl (C=O) groups is 1. The summed E-state index contributed by atoms with van der Waals surface area (Å²) in [6.45, 7) is 5.91. The van der Waals surface area contributed by atoms with Gasteiger partial charge in [-0.1, -0.05) is 0 Å². The van der Waals surface area contributed by atoms with E-state index >= 15 is 0 Å². The first kappa shape index (κ1) is 11.4. The van der Waals surface area contributed by atoms with E-state index in [0.29, 0.717) is 19.1 Å². The number of rotatable bonds is 5. The van der Waals surface area contributed by atoms with Crippen LogP contribution in [0.3, 0.4) is 0 Å². The van der Waals surface area contributed by atoms with E-state index in [1.807, 2.05) is 4.90 Å². The fourth-order valence-electron chi connectivity index (χ4n) is 0.949. The molecule has 0 saturated heterocycles. The van der Waals surface area contributed by atoms with Gasteiger partial charge in [0.1, 0.15) is 0 Å². The average Bonchev–Trinajstić information content (AvgIpc) is 2.03. The van der Waals surface area contributed by atoms with Crippen LogP contribution in [0.4, 0.5) is 0 Å². The lowest BCUT2D eigenvalue weighted by atomic mass is 10.3. The molecule has 0 saturated carbocycles. The molecule has 0 aromatic carbocycles. The van der Waals surface area contributed by atoms with Crippen LogP contribution in [0, 0.1) is 0 Å². The van der Waals surface area contributed by atoms with Crippen molar-refractivity contribution in [1.29, 1.82) is 0 Å². The zero-order valence-corrected chi connectivity index (χ0v) is 8.13. The molecule has 4 nitrogen and oxygen atoms in total. The normalized spacial score (nSPS) is 10.8. The molecule has 0 heterocycles. The molecule has 0 aliphatic rings. The second kappa shape index (κ2) is 5.97. The van der Waals surface area contributed by atoms with Gasteiger partial charge in [-0.2, -0.15) is 0 Å². The van der Waals surface area contributed by atoms with Gasteiger partial charge >= 0.3 is 0 Å². The number of carbonyl (C=O) groups excluding carboxylic acids is 1. The standard InChI is InChI=1S/C8H19N3O/c1-7(2)11(5-4-9)6-8(12)10-3/h7H,4-6,9H2,1-3H3,(H,10,12). The Balaban J connectivity index is 3.86. The smallest absolute Gasteiger partial charge is 0.233 e. The number of hydrogen-bond acceptors (Lipinski definition) is 3. The average molecular weight is 173 g/mol. The SMILES string of the molecule is CNC(=O)CN(CCN)C(C)C. The van der Waals surface area contributed by atoms with Crippen LogP contribution in [0.2, 0.25) is 0 Å². The summed E-state index contributed by atoms with van der Waals surface area (Å²) in [6.07, 6.45) is 0. The topological polar surface area (TPSA) is 58.4 Å². The minimum atomic E-state index is 0.0390. The first-order valence-electron chi connectivity index (χ1n) is 4.26. The highest BCUT2D eigenvalue weighted by atomic mass is 16.1. The molecule has 0 bridgehead atoms. The molecular formula is C8H19N3O. The summed E-state index contributed by atoms with van der Waals surface area (Å²) in [6, 6.07) is 0.367. The summed E-state index contributed by atoms with van der Waals surface area (Å²) < 4.78 is 0. The first-order chi connectivity index (χ1) is 5.61. The maximum Gasteiger partial charge on any atom is 0.233 e. The van der Waals surface area contributed by atoms with Gasteiger partial charge in [0.05, 0.1) is 6.54 Å². The fourth-order valence-corrected chi connectivity index (χ4v) is 0.949. The van der Waals surface area contributed by atoms with Crippen LogP contribution in [0.1, 0.15) is 13.8 Å². The molecule has 0 aliphatic carbocycles. The van der Waals surface area contributed by atoms with Crippen LogP contribution in [-0.2, 0) is 4.79 Å². The highest BCUT2D eigenvalue weighted by Gasteiger charge is 2.11. The molecule has 12 heavy (non-hydrogen) atoms. The summed E-state index contributed by atoms with van der Waals surface area (Å²) in [5, 5.41) is 2.59. The minimum Gasteiger partial charge on any atom is -0.358 e. The predicted octanol–water partition coefficient (Wildman–Crippen LogP) is -0.598. The van der Waals surface area contributed by atoms with Crippen LogP contribution in [0.25, 0.3) is 0 Å². The van der Waals surface area contributed by atoms with Crippen molar-refractivity contribution in [1.82, 2.24) is 10.2 Å². The second-order valence-corrected chi connectivity index (χ2v) is 3.03. The fraction of sp³-hybridized carbons (Fsp3) is 0.875. The summed E-state index contributed by atoms with van der Waals surface area (Å²) in [5.41, 5.74) is 5.41. The molecule has 0 rings (SSSR count). The monoisotopic (exact) mass is 173 g/mol. The Kier molecular flexibility index (Phi) is 5.66. The summed E-state index contributed by atoms with van der Waals surface area (Å²) >= 11 is 0. The Hall–Kier alpha value is -0.610. The van der Waals surface area contributed by atoms with Crippen LogP contribution in [-0.4, -0.2) is 43.5 Å². The molecular weight excluding hydrogens is 154 g/mol. The van der Waals surface area contributed by atoms with Gasteiger partial charge in [0.25, 0.3) is 0 Å². The number of amides is 1. The van der Waals surface area contributed by atoms with Gasteiger partial charge in [-0.05, 0) is 13.8 Å². The Morgan fingerprint density at radius 3 is 2.50 bits per heavy atom. The highest BCUT2D eigenvalue weighted by Crippen LogP contribution is 1.95. The van der Waals surface area contributed by atoms with Gasteiger partial charge < -0.3 is 11.1 Å². The van der Waals surface area contributed by atoms with Crippen molar-refractivity contribution in [3.05, 3.63) is 0 Å². The largest absolute Gasteiger partial charge is 0.358 e. The zero-order chi connectivity index (χ0) is 9.56. The van der Waals surface area contributed by atoms with Crippen molar-refractivity contribution in [2.75, 3.05) is 26.7 Å². The van der Waals surface area contributed by atoms with Gasteiger partial charge in [-0.25, -0.2) is 0 Å². The second-order valence-electron chi connectivity index (χ2n) is 3.03. The number of likely N-dealkylation sites (N-methyl/N-ethyl adjacent to an activating group) is 1. The van der Waals surface area contributed by atoms with Crippen molar-refractivity contribution in [2.24, 2.45) is 5.73 Å². The van der Waals surface area contributed by atoms with Gasteiger partial charge in [0.15, 0.2) is 0 Å². The number of nitrogens with one attached hydrogen (secondary N) is 1. The minimum absolute atomic E-state index is 0.0390. The summed E-state index contributed by atoms with van der Waals surface area (Å²) in [5.74, 6) is 0.0390. The Morgan fingerprint density at radius 2 is 2.17 bits per heavy atom. The van der Waals surface area contributed by atoms with E-state index in [1.165, 1.54) is 0 Å². The lowest BCUT2D eigenvalue weighted by Crippen LogP contribution is -2.42. The van der Waals surface area contributed by atoms with E-state index < -0.39 is 0 Å². The van der Waals surface area contributed by atoms with Gasteiger partial charge in [0.2, 0.25) is 5.91 Å². The molecule has 0 atom stereocenters. The lowest BCUT2D eigenvalue weighted by Gasteiger charge is -2.24. The molecule has 0 aliphatic heterocycles. The van der Waals surface area contributed by atoms with Gasteiger partial charge in [-0.3, -0.25) is 9.69 Å². The van der Waals surface area contributed by atoms with E-state index in [-0.39, 0.29) is 5.91 Å². The molecule has 72 valence electrons. The van der Waals surface area contributed by atoms with Gasteiger partial charge in [-0.15, -0.1) is 0 Å². The number of nitrogens with zero attached hydrogens (tertiary/aromatic N) is 1. The molecule has 4 heteroatoms. The Morgan fingerprint density at radius 1 is 1.58 bits per heavy atom. The molecule has 3 N–H and O–H groups in total. The summed E-state index contributed by atoms with van der Waals surface area (Å²) in [4.78, 5) is 13.0. The summed E-state index contributed by atoms with van der Waals surface area (Å²) in [7, 11) is 1.64. The molecule has 0 spiro atoms. The van der Waals surface area contributed by atoms with Crippen molar-refractivity contribution >= 4 is 5.91 Å². The van der Waals surface area contributed by atoms with E-state index in [2.05, 4.69) is 19.2 Å². The van der Waals surface area contributed by atoms with Crippen LogP contribution in [0.15, 0.2) is 0 Å².